The molecule has 1 N–H and O–H groups in total. The predicted octanol–water partition coefficient (Wildman–Crippen LogP) is 1.12. The highest BCUT2D eigenvalue weighted by molar-refractivity contribution is 4.91. The molecule has 0 aliphatic carbocycles. The highest BCUT2D eigenvalue weighted by Crippen LogP contribution is 2.13. The molecule has 0 aromatic carbocycles. The van der Waals surface area contributed by atoms with Crippen LogP contribution in [0.1, 0.15) is 33.5 Å². The lowest BCUT2D eigenvalue weighted by Crippen LogP contribution is -2.56. The van der Waals surface area contributed by atoms with Gasteiger partial charge < -0.3 is 5.32 Å². The Kier molecular flexibility index (Phi) is 4.02. The fraction of sp³-hybridized carbons (Fsp3) is 0.846. The monoisotopic (exact) mass is 251 g/mol. The zero-order chi connectivity index (χ0) is 13.2. The highest BCUT2D eigenvalue weighted by Gasteiger charge is 2.26. The summed E-state index contributed by atoms with van der Waals surface area (Å²) in [5, 5.41) is 7.85. The van der Waals surface area contributed by atoms with Crippen molar-refractivity contribution in [1.82, 2.24) is 25.0 Å². The van der Waals surface area contributed by atoms with Crippen LogP contribution in [0.4, 0.5) is 0 Å². The summed E-state index contributed by atoms with van der Waals surface area (Å²) in [4.78, 5) is 6.86. The third-order valence-corrected chi connectivity index (χ3v) is 3.25. The average Bonchev–Trinajstić information content (AvgIpc) is 2.63. The molecule has 5 nitrogen and oxygen atoms in total. The Morgan fingerprint density at radius 1 is 1.44 bits per heavy atom. The first-order chi connectivity index (χ1) is 8.46. The van der Waals surface area contributed by atoms with Crippen LogP contribution in [-0.4, -0.2) is 44.8 Å². The first-order valence-corrected chi connectivity index (χ1v) is 6.80. The molecule has 2 rings (SSSR count). The van der Waals surface area contributed by atoms with Crippen molar-refractivity contribution in [3.63, 3.8) is 0 Å². The number of rotatable bonds is 4. The number of aromatic nitrogens is 3. The molecule has 1 aromatic heterocycles. The van der Waals surface area contributed by atoms with Crippen molar-refractivity contribution in [3.05, 3.63) is 12.2 Å². The van der Waals surface area contributed by atoms with Gasteiger partial charge in [0.05, 0.1) is 6.54 Å². The summed E-state index contributed by atoms with van der Waals surface area (Å²) < 4.78 is 2.04. The van der Waals surface area contributed by atoms with Gasteiger partial charge in [-0.05, 0) is 19.8 Å². The van der Waals surface area contributed by atoms with E-state index in [1.807, 2.05) is 4.68 Å². The molecule has 0 spiro atoms. The highest BCUT2D eigenvalue weighted by atomic mass is 15.4. The maximum atomic E-state index is 4.40. The second-order valence-corrected chi connectivity index (χ2v) is 6.27. The van der Waals surface area contributed by atoms with Crippen molar-refractivity contribution in [1.29, 1.82) is 0 Å². The standard InChI is InChI=1S/C13H25N5/c1-11(2)7-18-12(14-10-16-18)8-17-6-5-15-13(3,4)9-17/h10-11,15H,5-9H2,1-4H3. The van der Waals surface area contributed by atoms with E-state index in [9.17, 15) is 0 Å². The van der Waals surface area contributed by atoms with E-state index in [0.717, 1.165) is 38.5 Å². The van der Waals surface area contributed by atoms with Crippen LogP contribution in [0.15, 0.2) is 6.33 Å². The second-order valence-electron chi connectivity index (χ2n) is 6.27. The zero-order valence-corrected chi connectivity index (χ0v) is 12.0. The molecule has 0 radical (unpaired) electrons. The van der Waals surface area contributed by atoms with Crippen molar-refractivity contribution < 1.29 is 0 Å². The van der Waals surface area contributed by atoms with Crippen LogP contribution < -0.4 is 5.32 Å². The minimum Gasteiger partial charge on any atom is -0.309 e. The Balaban J connectivity index is 1.98. The summed E-state index contributed by atoms with van der Waals surface area (Å²) in [7, 11) is 0. The summed E-state index contributed by atoms with van der Waals surface area (Å²) >= 11 is 0. The summed E-state index contributed by atoms with van der Waals surface area (Å²) in [5.74, 6) is 1.69. The number of nitrogens with one attached hydrogen (secondary N) is 1. The van der Waals surface area contributed by atoms with E-state index >= 15 is 0 Å². The summed E-state index contributed by atoms with van der Waals surface area (Å²) in [6.45, 7) is 13.9. The molecule has 1 aliphatic rings. The van der Waals surface area contributed by atoms with E-state index < -0.39 is 0 Å². The van der Waals surface area contributed by atoms with Gasteiger partial charge in [-0.25, -0.2) is 9.67 Å². The Morgan fingerprint density at radius 3 is 2.89 bits per heavy atom. The van der Waals surface area contributed by atoms with Crippen molar-refractivity contribution in [3.8, 4) is 0 Å². The molecule has 1 saturated heterocycles. The summed E-state index contributed by atoms with van der Waals surface area (Å²) in [5.41, 5.74) is 0.196. The number of hydrogen-bond acceptors (Lipinski definition) is 4. The van der Waals surface area contributed by atoms with Crippen LogP contribution in [-0.2, 0) is 13.1 Å². The average molecular weight is 251 g/mol. The molecule has 0 saturated carbocycles. The fourth-order valence-electron chi connectivity index (χ4n) is 2.49. The molecule has 0 amide bonds. The van der Waals surface area contributed by atoms with Crippen LogP contribution in [0, 0.1) is 5.92 Å². The topological polar surface area (TPSA) is 46.0 Å². The molecular weight excluding hydrogens is 226 g/mol. The lowest BCUT2D eigenvalue weighted by molar-refractivity contribution is 0.143. The second kappa shape index (κ2) is 5.36. The Bertz CT molecular complexity index is 382. The molecule has 102 valence electrons. The molecule has 0 atom stereocenters. The van der Waals surface area contributed by atoms with E-state index in [0.29, 0.717) is 5.92 Å². The molecule has 1 aliphatic heterocycles. The first kappa shape index (κ1) is 13.5. The van der Waals surface area contributed by atoms with Crippen molar-refractivity contribution in [2.24, 2.45) is 5.92 Å². The quantitative estimate of drug-likeness (QED) is 0.871. The van der Waals surface area contributed by atoms with Gasteiger partial charge in [0.25, 0.3) is 0 Å². The fourth-order valence-corrected chi connectivity index (χ4v) is 2.49. The van der Waals surface area contributed by atoms with Crippen LogP contribution in [0.25, 0.3) is 0 Å². The van der Waals surface area contributed by atoms with Gasteiger partial charge in [-0.3, -0.25) is 4.90 Å². The zero-order valence-electron chi connectivity index (χ0n) is 12.0. The van der Waals surface area contributed by atoms with Crippen molar-refractivity contribution >= 4 is 0 Å². The molecular formula is C13H25N5. The van der Waals surface area contributed by atoms with Gasteiger partial charge in [0.2, 0.25) is 0 Å². The number of piperazine rings is 1. The maximum absolute atomic E-state index is 4.40. The summed E-state index contributed by atoms with van der Waals surface area (Å²) in [6, 6.07) is 0. The number of hydrogen-bond donors (Lipinski definition) is 1. The normalized spacial score (nSPS) is 20.5. The lowest BCUT2D eigenvalue weighted by atomic mass is 10.0. The van der Waals surface area contributed by atoms with E-state index in [1.54, 1.807) is 6.33 Å². The van der Waals surface area contributed by atoms with Gasteiger partial charge in [-0.15, -0.1) is 0 Å². The molecule has 2 heterocycles. The van der Waals surface area contributed by atoms with Gasteiger partial charge in [-0.2, -0.15) is 5.10 Å². The molecule has 0 unspecified atom stereocenters. The van der Waals surface area contributed by atoms with Crippen molar-refractivity contribution in [2.75, 3.05) is 19.6 Å². The Hall–Kier alpha value is -0.940. The summed E-state index contributed by atoms with van der Waals surface area (Å²) in [6.07, 6.45) is 1.67. The minimum absolute atomic E-state index is 0.196. The van der Waals surface area contributed by atoms with Crippen LogP contribution in [0.3, 0.4) is 0 Å². The minimum atomic E-state index is 0.196. The Labute approximate surface area is 110 Å². The predicted molar refractivity (Wildman–Crippen MR) is 72.2 cm³/mol. The van der Waals surface area contributed by atoms with Crippen LogP contribution in [0.5, 0.6) is 0 Å². The molecule has 1 fully saturated rings. The SMILES string of the molecule is CC(C)Cn1ncnc1CN1CCNC(C)(C)C1. The molecule has 1 aromatic rings. The first-order valence-electron chi connectivity index (χ1n) is 6.80. The lowest BCUT2D eigenvalue weighted by Gasteiger charge is -2.38. The van der Waals surface area contributed by atoms with Crippen molar-refractivity contribution in [2.45, 2.75) is 46.3 Å². The van der Waals surface area contributed by atoms with E-state index in [2.05, 4.69) is 48.0 Å². The number of nitrogens with zero attached hydrogens (tertiary/aromatic N) is 4. The van der Waals surface area contributed by atoms with Crippen LogP contribution in [0.2, 0.25) is 0 Å². The molecule has 5 heteroatoms. The van der Waals surface area contributed by atoms with E-state index in [1.165, 1.54) is 0 Å². The van der Waals surface area contributed by atoms with E-state index in [4.69, 9.17) is 0 Å². The molecule has 0 bridgehead atoms. The maximum Gasteiger partial charge on any atom is 0.141 e. The molecule has 18 heavy (non-hydrogen) atoms. The Morgan fingerprint density at radius 2 is 2.22 bits per heavy atom. The largest absolute Gasteiger partial charge is 0.309 e. The third kappa shape index (κ3) is 3.53. The van der Waals surface area contributed by atoms with Gasteiger partial charge >= 0.3 is 0 Å². The third-order valence-electron chi connectivity index (χ3n) is 3.25. The van der Waals surface area contributed by atoms with Gasteiger partial charge in [0.15, 0.2) is 0 Å². The van der Waals surface area contributed by atoms with Crippen LogP contribution >= 0.6 is 0 Å². The smallest absolute Gasteiger partial charge is 0.141 e. The van der Waals surface area contributed by atoms with Gasteiger partial charge in [-0.1, -0.05) is 13.8 Å². The van der Waals surface area contributed by atoms with Gasteiger partial charge in [0.1, 0.15) is 12.2 Å². The van der Waals surface area contributed by atoms with E-state index in [-0.39, 0.29) is 5.54 Å². The van der Waals surface area contributed by atoms with Gasteiger partial charge in [0, 0.05) is 31.7 Å².